The Morgan fingerprint density at radius 1 is 1.19 bits per heavy atom. The second-order valence-electron chi connectivity index (χ2n) is 5.41. The molecule has 0 aliphatic carbocycles. The molecular formula is C13H24N4O4. The largest absolute Gasteiger partial charge is 0.480 e. The van der Waals surface area contributed by atoms with Crippen molar-refractivity contribution in [2.24, 2.45) is 0 Å². The summed E-state index contributed by atoms with van der Waals surface area (Å²) < 4.78 is 0. The minimum absolute atomic E-state index is 0.00895. The fourth-order valence-electron chi connectivity index (χ4n) is 2.25. The molecule has 0 spiro atoms. The average Bonchev–Trinajstić information content (AvgIpc) is 2.62. The molecule has 1 aliphatic heterocycles. The smallest absolute Gasteiger partial charge is 0.318 e. The van der Waals surface area contributed by atoms with E-state index in [4.69, 9.17) is 5.11 Å². The van der Waals surface area contributed by atoms with Gasteiger partial charge in [0.1, 0.15) is 6.04 Å². The van der Waals surface area contributed by atoms with Crippen LogP contribution in [-0.4, -0.2) is 90.6 Å². The van der Waals surface area contributed by atoms with E-state index in [-0.39, 0.29) is 18.5 Å². The van der Waals surface area contributed by atoms with Crippen molar-refractivity contribution in [2.45, 2.75) is 19.4 Å². The van der Waals surface area contributed by atoms with Crippen molar-refractivity contribution in [3.05, 3.63) is 0 Å². The van der Waals surface area contributed by atoms with Crippen LogP contribution in [0.1, 0.15) is 13.3 Å². The van der Waals surface area contributed by atoms with E-state index < -0.39 is 12.0 Å². The van der Waals surface area contributed by atoms with Gasteiger partial charge >= 0.3 is 12.0 Å². The first-order chi connectivity index (χ1) is 9.81. The third-order valence-electron chi connectivity index (χ3n) is 3.39. The first-order valence-corrected chi connectivity index (χ1v) is 7.02. The van der Waals surface area contributed by atoms with E-state index in [0.717, 1.165) is 6.42 Å². The number of nitrogens with one attached hydrogen (secondary N) is 1. The SMILES string of the molecule is CC(NC(=O)N1CCCN(CC(=O)O)CC1)C(=O)N(C)C. The maximum absolute atomic E-state index is 12.1. The normalized spacial score (nSPS) is 17.8. The average molecular weight is 300 g/mol. The summed E-state index contributed by atoms with van der Waals surface area (Å²) in [4.78, 5) is 39.4. The number of carbonyl (C=O) groups is 3. The summed E-state index contributed by atoms with van der Waals surface area (Å²) in [5.74, 6) is -1.02. The van der Waals surface area contributed by atoms with Gasteiger partial charge in [0, 0.05) is 40.3 Å². The second kappa shape index (κ2) is 7.82. The Balaban J connectivity index is 2.48. The Hall–Kier alpha value is -1.83. The third kappa shape index (κ3) is 5.58. The summed E-state index contributed by atoms with van der Waals surface area (Å²) in [5.41, 5.74) is 0. The molecule has 1 unspecified atom stereocenters. The van der Waals surface area contributed by atoms with Crippen molar-refractivity contribution < 1.29 is 19.5 Å². The number of likely N-dealkylation sites (N-methyl/N-ethyl adjacent to an activating group) is 1. The fourth-order valence-corrected chi connectivity index (χ4v) is 2.25. The van der Waals surface area contributed by atoms with Crippen molar-refractivity contribution in [1.82, 2.24) is 20.0 Å². The molecule has 2 N–H and O–H groups in total. The number of urea groups is 1. The lowest BCUT2D eigenvalue weighted by Gasteiger charge is -2.24. The highest BCUT2D eigenvalue weighted by atomic mass is 16.4. The van der Waals surface area contributed by atoms with Gasteiger partial charge in [-0.15, -0.1) is 0 Å². The number of rotatable bonds is 4. The maximum atomic E-state index is 12.1. The molecule has 0 saturated carbocycles. The molecule has 0 radical (unpaired) electrons. The molecule has 1 saturated heterocycles. The number of nitrogens with zero attached hydrogens (tertiary/aromatic N) is 3. The Kier molecular flexibility index (Phi) is 6.41. The molecule has 0 bridgehead atoms. The molecular weight excluding hydrogens is 276 g/mol. The first kappa shape index (κ1) is 17.2. The van der Waals surface area contributed by atoms with E-state index in [2.05, 4.69) is 5.32 Å². The number of hydrogen-bond acceptors (Lipinski definition) is 4. The van der Waals surface area contributed by atoms with Crippen LogP contribution >= 0.6 is 0 Å². The zero-order chi connectivity index (χ0) is 16.0. The molecule has 8 nitrogen and oxygen atoms in total. The van der Waals surface area contributed by atoms with Crippen LogP contribution in [0.5, 0.6) is 0 Å². The highest BCUT2D eigenvalue weighted by Gasteiger charge is 2.23. The van der Waals surface area contributed by atoms with Crippen molar-refractivity contribution in [3.63, 3.8) is 0 Å². The summed E-state index contributed by atoms with van der Waals surface area (Å²) in [6.07, 6.45) is 0.719. The predicted octanol–water partition coefficient (Wildman–Crippen LogP) is -0.735. The molecule has 1 rings (SSSR count). The summed E-state index contributed by atoms with van der Waals surface area (Å²) in [6.45, 7) is 3.84. The maximum Gasteiger partial charge on any atom is 0.318 e. The number of carbonyl (C=O) groups excluding carboxylic acids is 2. The second-order valence-corrected chi connectivity index (χ2v) is 5.41. The van der Waals surface area contributed by atoms with Gasteiger partial charge in [-0.05, 0) is 13.3 Å². The topological polar surface area (TPSA) is 93.2 Å². The molecule has 1 atom stereocenters. The van der Waals surface area contributed by atoms with Gasteiger partial charge in [-0.3, -0.25) is 14.5 Å². The lowest BCUT2D eigenvalue weighted by Crippen LogP contribution is -2.50. The van der Waals surface area contributed by atoms with Gasteiger partial charge in [-0.1, -0.05) is 0 Å². The highest BCUT2D eigenvalue weighted by Crippen LogP contribution is 2.04. The van der Waals surface area contributed by atoms with Gasteiger partial charge in [-0.25, -0.2) is 4.79 Å². The van der Waals surface area contributed by atoms with Crippen LogP contribution in [0.25, 0.3) is 0 Å². The van der Waals surface area contributed by atoms with Gasteiger partial charge in [0.25, 0.3) is 0 Å². The van der Waals surface area contributed by atoms with E-state index in [9.17, 15) is 14.4 Å². The van der Waals surface area contributed by atoms with Gasteiger partial charge in [0.05, 0.1) is 6.54 Å². The predicted molar refractivity (Wildman–Crippen MR) is 77.0 cm³/mol. The molecule has 1 aliphatic rings. The first-order valence-electron chi connectivity index (χ1n) is 7.02. The van der Waals surface area contributed by atoms with Gasteiger partial charge in [0.15, 0.2) is 0 Å². The lowest BCUT2D eigenvalue weighted by molar-refractivity contribution is -0.138. The molecule has 8 heteroatoms. The van der Waals surface area contributed by atoms with Crippen LogP contribution in [0.15, 0.2) is 0 Å². The minimum atomic E-state index is -0.863. The Morgan fingerprint density at radius 3 is 2.43 bits per heavy atom. The van der Waals surface area contributed by atoms with Crippen LogP contribution in [0.4, 0.5) is 4.79 Å². The van der Waals surface area contributed by atoms with Crippen molar-refractivity contribution >= 4 is 17.9 Å². The molecule has 0 aromatic carbocycles. The Bertz CT molecular complexity index is 400. The van der Waals surface area contributed by atoms with Crippen LogP contribution in [-0.2, 0) is 9.59 Å². The molecule has 120 valence electrons. The monoisotopic (exact) mass is 300 g/mol. The number of carboxylic acids is 1. The summed E-state index contributed by atoms with van der Waals surface area (Å²) in [5, 5.41) is 11.5. The Labute approximate surface area is 124 Å². The number of aliphatic carboxylic acids is 1. The fraction of sp³-hybridized carbons (Fsp3) is 0.769. The molecule has 0 aromatic rings. The van der Waals surface area contributed by atoms with Crippen LogP contribution in [0.2, 0.25) is 0 Å². The summed E-state index contributed by atoms with van der Waals surface area (Å²) >= 11 is 0. The van der Waals surface area contributed by atoms with E-state index in [1.54, 1.807) is 25.9 Å². The molecule has 1 fully saturated rings. The van der Waals surface area contributed by atoms with Crippen molar-refractivity contribution in [2.75, 3.05) is 46.8 Å². The standard InChI is InChI=1S/C13H24N4O4/c1-10(12(20)15(2)3)14-13(21)17-6-4-5-16(7-8-17)9-11(18)19/h10H,4-9H2,1-3H3,(H,14,21)(H,18,19). The highest BCUT2D eigenvalue weighted by molar-refractivity contribution is 5.86. The Morgan fingerprint density at radius 2 is 1.86 bits per heavy atom. The zero-order valence-corrected chi connectivity index (χ0v) is 12.8. The van der Waals surface area contributed by atoms with E-state index >= 15 is 0 Å². The van der Waals surface area contributed by atoms with Gasteiger partial charge in [-0.2, -0.15) is 0 Å². The minimum Gasteiger partial charge on any atom is -0.480 e. The van der Waals surface area contributed by atoms with E-state index in [0.29, 0.717) is 26.2 Å². The molecule has 1 heterocycles. The lowest BCUT2D eigenvalue weighted by atomic mass is 10.3. The van der Waals surface area contributed by atoms with E-state index in [1.807, 2.05) is 4.90 Å². The third-order valence-corrected chi connectivity index (χ3v) is 3.39. The van der Waals surface area contributed by atoms with Gasteiger partial charge in [0.2, 0.25) is 5.91 Å². The van der Waals surface area contributed by atoms with Crippen LogP contribution < -0.4 is 5.32 Å². The van der Waals surface area contributed by atoms with Crippen LogP contribution in [0, 0.1) is 0 Å². The molecule has 0 aromatic heterocycles. The quantitative estimate of drug-likeness (QED) is 0.713. The molecule has 21 heavy (non-hydrogen) atoms. The number of hydrogen-bond donors (Lipinski definition) is 2. The summed E-state index contributed by atoms with van der Waals surface area (Å²) in [6, 6.07) is -0.860. The van der Waals surface area contributed by atoms with Crippen LogP contribution in [0.3, 0.4) is 0 Å². The van der Waals surface area contributed by atoms with E-state index in [1.165, 1.54) is 4.90 Å². The van der Waals surface area contributed by atoms with Crippen molar-refractivity contribution in [3.8, 4) is 0 Å². The number of carboxylic acid groups (broad SMARTS) is 1. The number of amides is 3. The molecule has 3 amide bonds. The summed E-state index contributed by atoms with van der Waals surface area (Å²) in [7, 11) is 3.28. The van der Waals surface area contributed by atoms with Crippen molar-refractivity contribution in [1.29, 1.82) is 0 Å². The van der Waals surface area contributed by atoms with Gasteiger partial charge < -0.3 is 20.2 Å². The zero-order valence-electron chi connectivity index (χ0n) is 12.8.